The zero-order chi connectivity index (χ0) is 14.4. The molecule has 1 aromatic carbocycles. The first-order valence-electron chi connectivity index (χ1n) is 6.43. The van der Waals surface area contributed by atoms with E-state index in [0.717, 1.165) is 6.54 Å². The Balaban J connectivity index is 2.81. The van der Waals surface area contributed by atoms with E-state index in [4.69, 9.17) is 4.74 Å². The summed E-state index contributed by atoms with van der Waals surface area (Å²) < 4.78 is 33.4. The van der Waals surface area contributed by atoms with E-state index in [1.807, 2.05) is 20.8 Å². The average Bonchev–Trinajstić information content (AvgIpc) is 2.36. The van der Waals surface area contributed by atoms with Gasteiger partial charge in [0.15, 0.2) is 0 Å². The number of likely N-dealkylation sites (N-methyl/N-ethyl adjacent to an activating group) is 1. The number of halogens is 3. The minimum atomic E-state index is -0.535. The summed E-state index contributed by atoms with van der Waals surface area (Å²) in [5.41, 5.74) is 0.0904. The summed E-state index contributed by atoms with van der Waals surface area (Å²) in [5, 5.41) is 3.19. The zero-order valence-corrected chi connectivity index (χ0v) is 13.1. The van der Waals surface area contributed by atoms with E-state index in [1.54, 1.807) is 0 Å². The molecule has 1 rings (SSSR count). The molecule has 1 atom stereocenters. The lowest BCUT2D eigenvalue weighted by Gasteiger charge is -2.20. The SMILES string of the molecule is CCNC(COC(C)C)Cc1c(F)ccc(Br)c1F. The maximum Gasteiger partial charge on any atom is 0.143 e. The molecule has 0 spiro atoms. The number of nitrogens with one attached hydrogen (secondary N) is 1. The molecule has 108 valence electrons. The third-order valence-electron chi connectivity index (χ3n) is 2.71. The molecular formula is C14H20BrF2NO. The number of hydrogen-bond donors (Lipinski definition) is 1. The van der Waals surface area contributed by atoms with E-state index < -0.39 is 11.6 Å². The van der Waals surface area contributed by atoms with Crippen LogP contribution in [0.3, 0.4) is 0 Å². The summed E-state index contributed by atoms with van der Waals surface area (Å²) in [7, 11) is 0. The third kappa shape index (κ3) is 5.16. The molecule has 19 heavy (non-hydrogen) atoms. The Bertz CT molecular complexity index is 413. The summed E-state index contributed by atoms with van der Waals surface area (Å²) in [6, 6.07) is 2.54. The van der Waals surface area contributed by atoms with Crippen molar-refractivity contribution in [2.24, 2.45) is 0 Å². The van der Waals surface area contributed by atoms with Crippen LogP contribution in [0.4, 0.5) is 8.78 Å². The predicted molar refractivity (Wildman–Crippen MR) is 76.3 cm³/mol. The van der Waals surface area contributed by atoms with Gasteiger partial charge in [-0.3, -0.25) is 0 Å². The number of rotatable bonds is 7. The predicted octanol–water partition coefficient (Wildman–Crippen LogP) is 3.67. The quantitative estimate of drug-likeness (QED) is 0.767. The average molecular weight is 336 g/mol. The van der Waals surface area contributed by atoms with Crippen molar-refractivity contribution in [1.29, 1.82) is 0 Å². The molecule has 1 aromatic rings. The molecule has 0 aliphatic carbocycles. The van der Waals surface area contributed by atoms with Crippen molar-refractivity contribution in [2.75, 3.05) is 13.2 Å². The van der Waals surface area contributed by atoms with Crippen molar-refractivity contribution >= 4 is 15.9 Å². The van der Waals surface area contributed by atoms with Gasteiger partial charge in [-0.05, 0) is 54.9 Å². The van der Waals surface area contributed by atoms with Crippen molar-refractivity contribution in [3.8, 4) is 0 Å². The molecule has 0 heterocycles. The summed E-state index contributed by atoms with van der Waals surface area (Å²) in [6.45, 7) is 6.98. The second kappa shape index (κ2) is 7.92. The van der Waals surface area contributed by atoms with Gasteiger partial charge in [0.05, 0.1) is 17.2 Å². The number of ether oxygens (including phenoxy) is 1. The van der Waals surface area contributed by atoms with E-state index in [0.29, 0.717) is 6.61 Å². The third-order valence-corrected chi connectivity index (χ3v) is 3.33. The topological polar surface area (TPSA) is 21.3 Å². The second-order valence-electron chi connectivity index (χ2n) is 4.66. The summed E-state index contributed by atoms with van der Waals surface area (Å²) in [6.07, 6.45) is 0.357. The minimum Gasteiger partial charge on any atom is -0.377 e. The summed E-state index contributed by atoms with van der Waals surface area (Å²) in [5.74, 6) is -1.05. The van der Waals surface area contributed by atoms with Gasteiger partial charge in [0.2, 0.25) is 0 Å². The van der Waals surface area contributed by atoms with Crippen LogP contribution in [0.5, 0.6) is 0 Å². The molecule has 0 amide bonds. The first-order valence-corrected chi connectivity index (χ1v) is 7.22. The highest BCUT2D eigenvalue weighted by Crippen LogP contribution is 2.22. The monoisotopic (exact) mass is 335 g/mol. The Kier molecular flexibility index (Phi) is 6.89. The fraction of sp³-hybridized carbons (Fsp3) is 0.571. The van der Waals surface area contributed by atoms with Gasteiger partial charge in [-0.15, -0.1) is 0 Å². The van der Waals surface area contributed by atoms with Crippen LogP contribution in [0.15, 0.2) is 16.6 Å². The van der Waals surface area contributed by atoms with Crippen LogP contribution in [-0.4, -0.2) is 25.3 Å². The van der Waals surface area contributed by atoms with Gasteiger partial charge in [0.25, 0.3) is 0 Å². The van der Waals surface area contributed by atoms with Crippen LogP contribution in [0.2, 0.25) is 0 Å². The summed E-state index contributed by atoms with van der Waals surface area (Å²) >= 11 is 3.08. The molecule has 0 saturated carbocycles. The molecule has 0 bridgehead atoms. The van der Waals surface area contributed by atoms with Crippen molar-refractivity contribution in [3.63, 3.8) is 0 Å². The first-order chi connectivity index (χ1) is 8.95. The van der Waals surface area contributed by atoms with Gasteiger partial charge in [-0.25, -0.2) is 8.78 Å². The van der Waals surface area contributed by atoms with Crippen molar-refractivity contribution in [2.45, 2.75) is 39.3 Å². The molecule has 0 radical (unpaired) electrons. The highest BCUT2D eigenvalue weighted by atomic mass is 79.9. The van der Waals surface area contributed by atoms with Crippen molar-refractivity contribution in [3.05, 3.63) is 33.8 Å². The first kappa shape index (κ1) is 16.5. The van der Waals surface area contributed by atoms with Gasteiger partial charge in [-0.1, -0.05) is 6.92 Å². The minimum absolute atomic E-state index is 0.0904. The van der Waals surface area contributed by atoms with E-state index >= 15 is 0 Å². The largest absolute Gasteiger partial charge is 0.377 e. The number of benzene rings is 1. The molecule has 1 unspecified atom stereocenters. The fourth-order valence-electron chi connectivity index (χ4n) is 1.79. The van der Waals surface area contributed by atoms with Crippen LogP contribution in [0, 0.1) is 11.6 Å². The Hall–Kier alpha value is -0.520. The highest BCUT2D eigenvalue weighted by Gasteiger charge is 2.17. The smallest absolute Gasteiger partial charge is 0.143 e. The summed E-state index contributed by atoms with van der Waals surface area (Å²) in [4.78, 5) is 0. The Morgan fingerprint density at radius 1 is 1.32 bits per heavy atom. The molecule has 0 saturated heterocycles. The van der Waals surface area contributed by atoms with E-state index in [2.05, 4.69) is 21.2 Å². The maximum absolute atomic E-state index is 13.9. The van der Waals surface area contributed by atoms with Gasteiger partial charge < -0.3 is 10.1 Å². The van der Waals surface area contributed by atoms with Gasteiger partial charge in [0.1, 0.15) is 11.6 Å². The van der Waals surface area contributed by atoms with E-state index in [9.17, 15) is 8.78 Å². The van der Waals surface area contributed by atoms with Crippen LogP contribution in [0.25, 0.3) is 0 Å². The second-order valence-corrected chi connectivity index (χ2v) is 5.52. The van der Waals surface area contributed by atoms with Crippen molar-refractivity contribution < 1.29 is 13.5 Å². The Morgan fingerprint density at radius 2 is 2.00 bits per heavy atom. The maximum atomic E-state index is 13.9. The van der Waals surface area contributed by atoms with Crippen LogP contribution < -0.4 is 5.32 Å². The van der Waals surface area contributed by atoms with Gasteiger partial charge in [0, 0.05) is 11.6 Å². The standard InChI is InChI=1S/C14H20BrF2NO/c1-4-18-10(8-19-9(2)3)7-11-13(16)6-5-12(15)14(11)17/h5-6,9-10,18H,4,7-8H2,1-3H3. The number of hydrogen-bond acceptors (Lipinski definition) is 2. The molecule has 2 nitrogen and oxygen atoms in total. The van der Waals surface area contributed by atoms with Crippen LogP contribution in [0.1, 0.15) is 26.3 Å². The molecule has 0 fully saturated rings. The fourth-order valence-corrected chi connectivity index (χ4v) is 2.16. The van der Waals surface area contributed by atoms with Crippen LogP contribution >= 0.6 is 15.9 Å². The Morgan fingerprint density at radius 3 is 2.58 bits per heavy atom. The van der Waals surface area contributed by atoms with Gasteiger partial charge in [-0.2, -0.15) is 0 Å². The highest BCUT2D eigenvalue weighted by molar-refractivity contribution is 9.10. The molecule has 1 N–H and O–H groups in total. The molecule has 5 heteroatoms. The van der Waals surface area contributed by atoms with E-state index in [1.165, 1.54) is 12.1 Å². The van der Waals surface area contributed by atoms with Crippen LogP contribution in [-0.2, 0) is 11.2 Å². The normalized spacial score (nSPS) is 13.0. The lowest BCUT2D eigenvalue weighted by Crippen LogP contribution is -2.36. The van der Waals surface area contributed by atoms with E-state index in [-0.39, 0.29) is 28.6 Å². The molecule has 0 aliphatic rings. The van der Waals surface area contributed by atoms with Crippen molar-refractivity contribution in [1.82, 2.24) is 5.32 Å². The molecular weight excluding hydrogens is 316 g/mol. The lowest BCUT2D eigenvalue weighted by atomic mass is 10.0. The molecule has 0 aliphatic heterocycles. The molecule has 0 aromatic heterocycles. The van der Waals surface area contributed by atoms with Gasteiger partial charge >= 0.3 is 0 Å². The lowest BCUT2D eigenvalue weighted by molar-refractivity contribution is 0.0613. The zero-order valence-electron chi connectivity index (χ0n) is 11.5. The Labute approximate surface area is 121 Å².